The molecule has 0 saturated heterocycles. The lowest BCUT2D eigenvalue weighted by molar-refractivity contribution is 0.287. The van der Waals surface area contributed by atoms with Gasteiger partial charge in [0.2, 0.25) is 0 Å². The molecule has 0 bridgehead atoms. The van der Waals surface area contributed by atoms with Crippen LogP contribution in [0.1, 0.15) is 19.8 Å². The Morgan fingerprint density at radius 2 is 1.67 bits per heavy atom. The first kappa shape index (κ1) is 11.9. The molecule has 9 heavy (non-hydrogen) atoms. The molecule has 0 unspecified atom stereocenters. The first-order chi connectivity index (χ1) is 4.33. The molecule has 0 saturated carbocycles. The van der Waals surface area contributed by atoms with E-state index >= 15 is 0 Å². The van der Waals surface area contributed by atoms with Gasteiger partial charge >= 0.3 is 0 Å². The van der Waals surface area contributed by atoms with Crippen molar-refractivity contribution in [2.75, 3.05) is 19.1 Å². The second-order valence-electron chi connectivity index (χ2n) is 1.44. The van der Waals surface area contributed by atoms with Crippen molar-refractivity contribution in [3.63, 3.8) is 0 Å². The summed E-state index contributed by atoms with van der Waals surface area (Å²) in [4.78, 5) is 0. The monoisotopic (exact) mass is 154 g/mol. The molecule has 58 valence electrons. The summed E-state index contributed by atoms with van der Waals surface area (Å²) in [6.07, 6.45) is 1.77. The molecule has 0 aliphatic heterocycles. The highest BCUT2D eigenvalue weighted by Crippen LogP contribution is 1.87. The lowest BCUT2D eigenvalue weighted by Crippen LogP contribution is -1.81. The van der Waals surface area contributed by atoms with Gasteiger partial charge in [-0.1, -0.05) is 0 Å². The summed E-state index contributed by atoms with van der Waals surface area (Å²) < 4.78 is 0. The van der Waals surface area contributed by atoms with E-state index in [0.717, 1.165) is 12.8 Å². The number of rotatable bonds is 3. The van der Waals surface area contributed by atoms with Crippen LogP contribution in [0.2, 0.25) is 0 Å². The van der Waals surface area contributed by atoms with Crippen molar-refractivity contribution < 1.29 is 10.2 Å². The van der Waals surface area contributed by atoms with Crippen molar-refractivity contribution in [3.05, 3.63) is 0 Å². The molecule has 0 fully saturated rings. The van der Waals surface area contributed by atoms with E-state index in [4.69, 9.17) is 21.8 Å². The maximum Gasteiger partial charge on any atom is 0.0431 e. The van der Waals surface area contributed by atoms with Crippen LogP contribution in [0.15, 0.2) is 0 Å². The van der Waals surface area contributed by atoms with Gasteiger partial charge in [0.1, 0.15) is 0 Å². The van der Waals surface area contributed by atoms with Gasteiger partial charge in [0, 0.05) is 19.1 Å². The molecule has 0 aromatic carbocycles. The Hall–Kier alpha value is 0.210. The van der Waals surface area contributed by atoms with Crippen molar-refractivity contribution in [2.24, 2.45) is 0 Å². The summed E-state index contributed by atoms with van der Waals surface area (Å²) >= 11 is 5.27. The molecule has 0 rings (SSSR count). The van der Waals surface area contributed by atoms with Crippen LogP contribution in [-0.2, 0) is 0 Å². The molecule has 0 amide bonds. The largest absolute Gasteiger partial charge is 0.397 e. The molecule has 0 heterocycles. The van der Waals surface area contributed by atoms with Gasteiger partial charge < -0.3 is 10.2 Å². The molecule has 0 aromatic rings. The third-order valence-electron chi connectivity index (χ3n) is 0.542. The molecular weight excluding hydrogens is 140 g/mol. The average molecular weight is 155 g/mol. The molecule has 2 nitrogen and oxygen atoms in total. The number of aliphatic hydroxyl groups is 2. The minimum Gasteiger partial charge on any atom is -0.397 e. The maximum absolute atomic E-state index is 8.14. The zero-order valence-electron chi connectivity index (χ0n) is 5.81. The Balaban J connectivity index is 0. The first-order valence-electron chi connectivity index (χ1n) is 3.11. The fourth-order valence-corrected chi connectivity index (χ4v) is 0.395. The fraction of sp³-hybridized carbons (Fsp3) is 1.00. The minimum absolute atomic E-state index is 0.250. The van der Waals surface area contributed by atoms with Crippen LogP contribution in [-0.4, -0.2) is 29.3 Å². The number of aliphatic hydroxyl groups excluding tert-OH is 2. The molecule has 2 N–H and O–H groups in total. The van der Waals surface area contributed by atoms with E-state index < -0.39 is 0 Å². The number of hydrogen-bond donors (Lipinski definition) is 2. The van der Waals surface area contributed by atoms with E-state index in [9.17, 15) is 0 Å². The van der Waals surface area contributed by atoms with E-state index in [1.807, 2.05) is 0 Å². The van der Waals surface area contributed by atoms with E-state index in [2.05, 4.69) is 0 Å². The van der Waals surface area contributed by atoms with Crippen molar-refractivity contribution >= 4 is 11.6 Å². The summed E-state index contributed by atoms with van der Waals surface area (Å²) in [5.74, 6) is 0.667. The number of alkyl halides is 1. The highest BCUT2D eigenvalue weighted by Gasteiger charge is 1.77. The minimum atomic E-state index is 0.250. The van der Waals surface area contributed by atoms with Gasteiger partial charge in [-0.3, -0.25) is 0 Å². The van der Waals surface area contributed by atoms with E-state index in [1.54, 1.807) is 6.92 Å². The van der Waals surface area contributed by atoms with Crippen LogP contribution >= 0.6 is 11.6 Å². The quantitative estimate of drug-likeness (QED) is 0.470. The van der Waals surface area contributed by atoms with Crippen molar-refractivity contribution in [3.8, 4) is 0 Å². The topological polar surface area (TPSA) is 40.5 Å². The van der Waals surface area contributed by atoms with Gasteiger partial charge in [0.05, 0.1) is 0 Å². The van der Waals surface area contributed by atoms with Gasteiger partial charge in [-0.25, -0.2) is 0 Å². The Morgan fingerprint density at radius 3 is 1.78 bits per heavy atom. The zero-order chi connectivity index (χ0) is 7.54. The Morgan fingerprint density at radius 1 is 1.22 bits per heavy atom. The predicted octanol–water partition coefficient (Wildman–Crippen LogP) is 0.996. The van der Waals surface area contributed by atoms with Crippen molar-refractivity contribution in [2.45, 2.75) is 19.8 Å². The summed E-state index contributed by atoms with van der Waals surface area (Å²) in [5.41, 5.74) is 0. The molecule has 0 atom stereocenters. The van der Waals surface area contributed by atoms with Crippen LogP contribution in [0.3, 0.4) is 0 Å². The number of hydrogen-bond acceptors (Lipinski definition) is 2. The normalized spacial score (nSPS) is 8.00. The van der Waals surface area contributed by atoms with Crippen molar-refractivity contribution in [1.82, 2.24) is 0 Å². The Labute approximate surface area is 61.5 Å². The van der Waals surface area contributed by atoms with E-state index in [1.165, 1.54) is 0 Å². The summed E-state index contributed by atoms with van der Waals surface area (Å²) in [6.45, 7) is 2.20. The van der Waals surface area contributed by atoms with Crippen LogP contribution in [0.5, 0.6) is 0 Å². The molecule has 3 heteroatoms. The lowest BCUT2D eigenvalue weighted by atomic mass is 10.4. The van der Waals surface area contributed by atoms with Gasteiger partial charge in [0.15, 0.2) is 0 Å². The van der Waals surface area contributed by atoms with Crippen LogP contribution < -0.4 is 0 Å². The van der Waals surface area contributed by atoms with E-state index in [0.29, 0.717) is 5.88 Å². The van der Waals surface area contributed by atoms with Crippen LogP contribution in [0.25, 0.3) is 0 Å². The highest BCUT2D eigenvalue weighted by atomic mass is 35.5. The Bertz CT molecular complexity index is 30.2. The Kier molecular flexibility index (Phi) is 20.9. The number of halogens is 1. The number of unbranched alkanes of at least 4 members (excludes halogenated alkanes) is 1. The molecule has 0 aliphatic carbocycles. The fourth-order valence-electron chi connectivity index (χ4n) is 0.206. The van der Waals surface area contributed by atoms with Gasteiger partial charge in [-0.05, 0) is 19.8 Å². The van der Waals surface area contributed by atoms with Crippen LogP contribution in [0, 0.1) is 0 Å². The highest BCUT2D eigenvalue weighted by molar-refractivity contribution is 6.17. The lowest BCUT2D eigenvalue weighted by Gasteiger charge is -1.84. The first-order valence-corrected chi connectivity index (χ1v) is 3.64. The molecule has 0 aliphatic rings. The van der Waals surface area contributed by atoms with Gasteiger partial charge in [-0.15, -0.1) is 11.6 Å². The SMILES string of the molecule is CCO.OCCCCCl. The van der Waals surface area contributed by atoms with E-state index in [-0.39, 0.29) is 13.2 Å². The average Bonchev–Trinajstić information content (AvgIpc) is 1.86. The maximum atomic E-state index is 8.14. The third-order valence-corrected chi connectivity index (χ3v) is 0.809. The second-order valence-corrected chi connectivity index (χ2v) is 1.81. The van der Waals surface area contributed by atoms with Gasteiger partial charge in [-0.2, -0.15) is 0 Å². The molecular formula is C6H15ClO2. The summed E-state index contributed by atoms with van der Waals surface area (Å²) in [7, 11) is 0. The smallest absolute Gasteiger partial charge is 0.0431 e. The van der Waals surface area contributed by atoms with Crippen LogP contribution in [0.4, 0.5) is 0 Å². The van der Waals surface area contributed by atoms with Crippen molar-refractivity contribution in [1.29, 1.82) is 0 Å². The summed E-state index contributed by atoms with van der Waals surface area (Å²) in [5, 5.41) is 15.7. The van der Waals surface area contributed by atoms with Gasteiger partial charge in [0.25, 0.3) is 0 Å². The molecule has 0 spiro atoms. The third kappa shape index (κ3) is 30.7. The second kappa shape index (κ2) is 15.7. The summed E-state index contributed by atoms with van der Waals surface area (Å²) in [6, 6.07) is 0. The standard InChI is InChI=1S/C4H9ClO.C2H6O/c5-3-1-2-4-6;1-2-3/h6H,1-4H2;3H,2H2,1H3. The predicted molar refractivity (Wildman–Crippen MR) is 39.8 cm³/mol. The molecule has 0 aromatic heterocycles. The zero-order valence-corrected chi connectivity index (χ0v) is 6.56. The molecule has 0 radical (unpaired) electrons.